The minimum atomic E-state index is 1.30. The van der Waals surface area contributed by atoms with Crippen molar-refractivity contribution in [2.24, 2.45) is 0 Å². The zero-order chi connectivity index (χ0) is 18.0. The molecule has 0 spiro atoms. The van der Waals surface area contributed by atoms with Gasteiger partial charge in [-0.05, 0) is 60.8 Å². The van der Waals surface area contributed by atoms with E-state index in [1.165, 1.54) is 59.4 Å². The average molecular weight is 342 g/mol. The van der Waals surface area contributed by atoms with Gasteiger partial charge in [-0.3, -0.25) is 0 Å². The second-order valence-electron chi connectivity index (χ2n) is 7.49. The van der Waals surface area contributed by atoms with E-state index in [0.29, 0.717) is 0 Å². The molecular formula is C27H18. The summed E-state index contributed by atoms with van der Waals surface area (Å²) in [5, 5.41) is 13.3. The molecular weight excluding hydrogens is 324 g/mol. The van der Waals surface area contributed by atoms with E-state index in [2.05, 4.69) is 97.9 Å². The Morgan fingerprint density at radius 2 is 0.815 bits per heavy atom. The normalized spacial score (nSPS) is 11.9. The molecule has 0 heterocycles. The molecule has 0 saturated carbocycles. The van der Waals surface area contributed by atoms with Gasteiger partial charge in [-0.1, -0.05) is 96.6 Å². The van der Waals surface area contributed by atoms with Gasteiger partial charge in [-0.25, -0.2) is 0 Å². The summed E-state index contributed by atoms with van der Waals surface area (Å²) in [4.78, 5) is 0. The summed E-state index contributed by atoms with van der Waals surface area (Å²) in [6, 6.07) is 33.6. The predicted octanol–water partition coefficient (Wildman–Crippen LogP) is 7.76. The summed E-state index contributed by atoms with van der Waals surface area (Å²) in [5.41, 5.74) is 1.31. The van der Waals surface area contributed by atoms with Crippen LogP contribution in [0.4, 0.5) is 0 Å². The molecule has 27 heavy (non-hydrogen) atoms. The first kappa shape index (κ1) is 14.8. The predicted molar refractivity (Wildman–Crippen MR) is 119 cm³/mol. The molecule has 0 aliphatic rings. The Morgan fingerprint density at radius 3 is 1.48 bits per heavy atom. The molecule has 0 saturated heterocycles. The van der Waals surface area contributed by atoms with Crippen molar-refractivity contribution in [1.29, 1.82) is 0 Å². The molecule has 0 aliphatic heterocycles. The van der Waals surface area contributed by atoms with Crippen LogP contribution in [0.25, 0.3) is 53.9 Å². The van der Waals surface area contributed by atoms with Crippen molar-refractivity contribution < 1.29 is 0 Å². The van der Waals surface area contributed by atoms with Crippen molar-refractivity contribution >= 4 is 53.9 Å². The molecule has 0 aromatic heterocycles. The van der Waals surface area contributed by atoms with Gasteiger partial charge in [-0.2, -0.15) is 0 Å². The fourth-order valence-corrected chi connectivity index (χ4v) is 4.58. The number of benzene rings is 6. The van der Waals surface area contributed by atoms with Crippen molar-refractivity contribution in [1.82, 2.24) is 0 Å². The quantitative estimate of drug-likeness (QED) is 0.247. The van der Waals surface area contributed by atoms with E-state index in [1.807, 2.05) is 0 Å². The van der Waals surface area contributed by atoms with Crippen LogP contribution < -0.4 is 0 Å². The molecule has 0 unspecified atom stereocenters. The van der Waals surface area contributed by atoms with Gasteiger partial charge < -0.3 is 0 Å². The fraction of sp³-hybridized carbons (Fsp3) is 0.0370. The lowest BCUT2D eigenvalue weighted by molar-refractivity contribution is 1.51. The largest absolute Gasteiger partial charge is 0.0616 e. The second-order valence-corrected chi connectivity index (χ2v) is 7.49. The van der Waals surface area contributed by atoms with Crippen LogP contribution in [-0.2, 0) is 0 Å². The fourth-order valence-electron chi connectivity index (χ4n) is 4.58. The van der Waals surface area contributed by atoms with Crippen molar-refractivity contribution in [3.8, 4) is 0 Å². The van der Waals surface area contributed by atoms with E-state index in [9.17, 15) is 0 Å². The van der Waals surface area contributed by atoms with E-state index in [-0.39, 0.29) is 0 Å². The molecule has 0 aliphatic carbocycles. The van der Waals surface area contributed by atoms with Crippen molar-refractivity contribution in [3.63, 3.8) is 0 Å². The summed E-state index contributed by atoms with van der Waals surface area (Å²) in [6.45, 7) is 2.15. The van der Waals surface area contributed by atoms with E-state index in [4.69, 9.17) is 0 Å². The number of aryl methyl sites for hydroxylation is 1. The minimum Gasteiger partial charge on any atom is -0.0616 e. The van der Waals surface area contributed by atoms with Crippen molar-refractivity contribution in [2.45, 2.75) is 6.92 Å². The van der Waals surface area contributed by atoms with Gasteiger partial charge in [0.1, 0.15) is 0 Å². The Labute approximate surface area is 157 Å². The topological polar surface area (TPSA) is 0 Å². The SMILES string of the molecule is Cc1ccc2c(ccc3c2ccc2c4ccc5ccccc5c4ccc32)c1. The third kappa shape index (κ3) is 2.04. The van der Waals surface area contributed by atoms with Crippen LogP contribution in [0.5, 0.6) is 0 Å². The third-order valence-corrected chi connectivity index (χ3v) is 5.89. The zero-order valence-electron chi connectivity index (χ0n) is 15.2. The highest BCUT2D eigenvalue weighted by molar-refractivity contribution is 6.24. The molecule has 126 valence electrons. The van der Waals surface area contributed by atoms with E-state index in [0.717, 1.165) is 0 Å². The van der Waals surface area contributed by atoms with Crippen molar-refractivity contribution in [2.75, 3.05) is 0 Å². The molecule has 0 amide bonds. The van der Waals surface area contributed by atoms with Crippen LogP contribution in [-0.4, -0.2) is 0 Å². The lowest BCUT2D eigenvalue weighted by Crippen LogP contribution is -1.84. The minimum absolute atomic E-state index is 1.30. The highest BCUT2D eigenvalue weighted by atomic mass is 14.1. The summed E-state index contributed by atoms with van der Waals surface area (Å²) < 4.78 is 0. The first-order valence-corrected chi connectivity index (χ1v) is 9.46. The standard InChI is InChI=1S/C27H18/c1-17-6-9-21-19(16-17)8-11-25-23(21)13-15-26-24-10-7-18-4-2-3-5-20(18)22(24)12-14-27(25)26/h2-16H,1H3. The molecule has 0 atom stereocenters. The van der Waals surface area contributed by atoms with Gasteiger partial charge >= 0.3 is 0 Å². The number of fused-ring (bicyclic) bond motifs is 9. The zero-order valence-corrected chi connectivity index (χ0v) is 15.2. The van der Waals surface area contributed by atoms with Gasteiger partial charge in [-0.15, -0.1) is 0 Å². The summed E-state index contributed by atoms with van der Waals surface area (Å²) in [6.07, 6.45) is 0. The average Bonchev–Trinajstić information content (AvgIpc) is 2.72. The Bertz CT molecular complexity index is 1520. The van der Waals surface area contributed by atoms with Gasteiger partial charge in [0.05, 0.1) is 0 Å². The molecule has 0 nitrogen and oxygen atoms in total. The monoisotopic (exact) mass is 342 g/mol. The van der Waals surface area contributed by atoms with Crippen LogP contribution >= 0.6 is 0 Å². The molecule has 0 N–H and O–H groups in total. The van der Waals surface area contributed by atoms with E-state index >= 15 is 0 Å². The lowest BCUT2D eigenvalue weighted by atomic mass is 9.92. The summed E-state index contributed by atoms with van der Waals surface area (Å²) in [5.74, 6) is 0. The highest BCUT2D eigenvalue weighted by Crippen LogP contribution is 2.36. The van der Waals surface area contributed by atoms with Gasteiger partial charge in [0.15, 0.2) is 0 Å². The summed E-state index contributed by atoms with van der Waals surface area (Å²) in [7, 11) is 0. The molecule has 6 aromatic rings. The molecule has 0 heteroatoms. The number of hydrogen-bond acceptors (Lipinski definition) is 0. The maximum Gasteiger partial charge on any atom is -0.00987 e. The Hall–Kier alpha value is -3.38. The van der Waals surface area contributed by atoms with Crippen LogP contribution in [0.1, 0.15) is 5.56 Å². The van der Waals surface area contributed by atoms with E-state index < -0.39 is 0 Å². The first-order chi connectivity index (χ1) is 13.3. The molecule has 0 radical (unpaired) electrons. The third-order valence-electron chi connectivity index (χ3n) is 5.89. The van der Waals surface area contributed by atoms with E-state index in [1.54, 1.807) is 0 Å². The molecule has 0 fully saturated rings. The number of rotatable bonds is 0. The molecule has 6 rings (SSSR count). The number of hydrogen-bond donors (Lipinski definition) is 0. The van der Waals surface area contributed by atoms with Gasteiger partial charge in [0.25, 0.3) is 0 Å². The second kappa shape index (κ2) is 5.31. The van der Waals surface area contributed by atoms with Gasteiger partial charge in [0, 0.05) is 0 Å². The Morgan fingerprint density at radius 1 is 0.370 bits per heavy atom. The Balaban J connectivity index is 1.79. The van der Waals surface area contributed by atoms with Crippen LogP contribution in [0.15, 0.2) is 91.0 Å². The molecule has 0 bridgehead atoms. The van der Waals surface area contributed by atoms with Crippen LogP contribution in [0.3, 0.4) is 0 Å². The summed E-state index contributed by atoms with van der Waals surface area (Å²) >= 11 is 0. The van der Waals surface area contributed by atoms with Crippen LogP contribution in [0.2, 0.25) is 0 Å². The molecule has 6 aromatic carbocycles. The first-order valence-electron chi connectivity index (χ1n) is 9.46. The highest BCUT2D eigenvalue weighted by Gasteiger charge is 2.09. The maximum absolute atomic E-state index is 2.30. The van der Waals surface area contributed by atoms with Crippen LogP contribution in [0, 0.1) is 6.92 Å². The maximum atomic E-state index is 2.30. The van der Waals surface area contributed by atoms with Gasteiger partial charge in [0.2, 0.25) is 0 Å². The Kier molecular flexibility index (Phi) is 2.90. The smallest absolute Gasteiger partial charge is 0.00987 e. The van der Waals surface area contributed by atoms with Crippen molar-refractivity contribution in [3.05, 3.63) is 96.6 Å². The lowest BCUT2D eigenvalue weighted by Gasteiger charge is -2.11.